The van der Waals surface area contributed by atoms with Crippen LogP contribution in [0.15, 0.2) is 36.5 Å². The Hall–Kier alpha value is -1.47. The van der Waals surface area contributed by atoms with Crippen molar-refractivity contribution in [2.24, 2.45) is 0 Å². The molecule has 0 radical (unpaired) electrons. The van der Waals surface area contributed by atoms with Crippen molar-refractivity contribution >= 4 is 5.91 Å². The molecule has 6 heteroatoms. The third-order valence-electron chi connectivity index (χ3n) is 17.1. The molecule has 6 nitrogen and oxygen atoms in total. The second-order valence-electron chi connectivity index (χ2n) is 24.9. The van der Waals surface area contributed by atoms with Crippen LogP contribution < -0.4 is 5.32 Å². The van der Waals surface area contributed by atoms with Crippen LogP contribution in [0.25, 0.3) is 0 Å². The number of amides is 1. The number of carbonyl (C=O) groups is 1. The summed E-state index contributed by atoms with van der Waals surface area (Å²) in [5.41, 5.74) is 0. The van der Waals surface area contributed by atoms with Gasteiger partial charge in [0.15, 0.2) is 0 Å². The smallest absolute Gasteiger partial charge is 0.249 e. The van der Waals surface area contributed by atoms with Crippen molar-refractivity contribution in [1.82, 2.24) is 5.32 Å². The number of allylic oxidation sites excluding steroid dienone is 6. The lowest BCUT2D eigenvalue weighted by atomic mass is 10.00. The zero-order chi connectivity index (χ0) is 57.3. The first-order valence-electron chi connectivity index (χ1n) is 35.9. The molecular formula is C73H141NO5. The zero-order valence-electron chi connectivity index (χ0n) is 53.4. The number of hydrogen-bond acceptors (Lipinski definition) is 5. The lowest BCUT2D eigenvalue weighted by Gasteiger charge is -2.27. The average Bonchev–Trinajstić information content (AvgIpc) is 3.45. The number of unbranched alkanes of at least 4 members (excludes halogenated alkanes) is 52. The summed E-state index contributed by atoms with van der Waals surface area (Å²) in [6.07, 6.45) is 87.2. The zero-order valence-corrected chi connectivity index (χ0v) is 53.4. The molecule has 0 aliphatic rings. The molecule has 0 aromatic rings. The van der Waals surface area contributed by atoms with Gasteiger partial charge in [0.25, 0.3) is 0 Å². The van der Waals surface area contributed by atoms with Gasteiger partial charge in [-0.1, -0.05) is 352 Å². The van der Waals surface area contributed by atoms with Crippen molar-refractivity contribution in [2.45, 2.75) is 417 Å². The molecule has 0 rings (SSSR count). The van der Waals surface area contributed by atoms with E-state index in [4.69, 9.17) is 0 Å². The number of rotatable bonds is 67. The molecule has 0 heterocycles. The van der Waals surface area contributed by atoms with E-state index < -0.39 is 36.9 Å². The Balaban J connectivity index is 3.57. The van der Waals surface area contributed by atoms with E-state index in [0.717, 1.165) is 38.5 Å². The van der Waals surface area contributed by atoms with Gasteiger partial charge in [-0.2, -0.15) is 0 Å². The quantitative estimate of drug-likeness (QED) is 0.0308. The SMILES string of the molecule is CCCCCCCCCCCCCCCCCC/C=C\CCCCCCCCCCCCCCCCCCC(O)C(=O)NC(CO)C(O)C(O)CCC/C=C/CC/C=C/CCCCCCCCCCCCCCCCCCCC. The predicted molar refractivity (Wildman–Crippen MR) is 348 cm³/mol. The first kappa shape index (κ1) is 77.5. The molecule has 1 amide bonds. The van der Waals surface area contributed by atoms with Crippen LogP contribution in [0.3, 0.4) is 0 Å². The van der Waals surface area contributed by atoms with Gasteiger partial charge in [-0.05, 0) is 77.0 Å². The van der Waals surface area contributed by atoms with Crippen LogP contribution in [0.5, 0.6) is 0 Å². The summed E-state index contributed by atoms with van der Waals surface area (Å²) in [7, 11) is 0. The molecule has 0 aliphatic heterocycles. The lowest BCUT2D eigenvalue weighted by Crippen LogP contribution is -2.53. The number of aliphatic hydroxyl groups excluding tert-OH is 4. The third-order valence-corrected chi connectivity index (χ3v) is 17.1. The largest absolute Gasteiger partial charge is 0.394 e. The molecule has 79 heavy (non-hydrogen) atoms. The second-order valence-corrected chi connectivity index (χ2v) is 24.9. The minimum Gasteiger partial charge on any atom is -0.394 e. The van der Waals surface area contributed by atoms with E-state index >= 15 is 0 Å². The Morgan fingerprint density at radius 2 is 0.532 bits per heavy atom. The minimum atomic E-state index is -1.29. The molecule has 0 saturated heterocycles. The fraction of sp³-hybridized carbons (Fsp3) is 0.904. The highest BCUT2D eigenvalue weighted by Gasteiger charge is 2.28. The second kappa shape index (κ2) is 67.3. The van der Waals surface area contributed by atoms with Gasteiger partial charge in [-0.15, -0.1) is 0 Å². The Labute approximate surface area is 494 Å². The summed E-state index contributed by atoms with van der Waals surface area (Å²) in [5, 5.41) is 44.2. The highest BCUT2D eigenvalue weighted by atomic mass is 16.3. The van der Waals surface area contributed by atoms with E-state index in [0.29, 0.717) is 19.3 Å². The van der Waals surface area contributed by atoms with Crippen molar-refractivity contribution in [1.29, 1.82) is 0 Å². The summed E-state index contributed by atoms with van der Waals surface area (Å²) >= 11 is 0. The molecule has 0 aromatic carbocycles. The molecule has 0 aromatic heterocycles. The van der Waals surface area contributed by atoms with E-state index in [-0.39, 0.29) is 0 Å². The fourth-order valence-corrected chi connectivity index (χ4v) is 11.5. The molecular weight excluding hydrogens is 971 g/mol. The van der Waals surface area contributed by atoms with Crippen LogP contribution in [0, 0.1) is 0 Å². The maximum absolute atomic E-state index is 12.7. The third kappa shape index (κ3) is 60.9. The van der Waals surface area contributed by atoms with E-state index in [1.807, 2.05) is 0 Å². The molecule has 0 bridgehead atoms. The van der Waals surface area contributed by atoms with Crippen molar-refractivity contribution < 1.29 is 25.2 Å². The molecule has 4 unspecified atom stereocenters. The number of aliphatic hydroxyl groups is 4. The van der Waals surface area contributed by atoms with Crippen molar-refractivity contribution in [3.63, 3.8) is 0 Å². The van der Waals surface area contributed by atoms with Crippen LogP contribution in [-0.4, -0.2) is 57.3 Å². The lowest BCUT2D eigenvalue weighted by molar-refractivity contribution is -0.132. The summed E-state index contributed by atoms with van der Waals surface area (Å²) < 4.78 is 0. The summed E-state index contributed by atoms with van der Waals surface area (Å²) in [5.74, 6) is -0.591. The molecule has 0 fully saturated rings. The van der Waals surface area contributed by atoms with Crippen LogP contribution in [-0.2, 0) is 4.79 Å². The average molecular weight is 1110 g/mol. The van der Waals surface area contributed by atoms with Crippen LogP contribution >= 0.6 is 0 Å². The van der Waals surface area contributed by atoms with Gasteiger partial charge in [0.2, 0.25) is 5.91 Å². The van der Waals surface area contributed by atoms with E-state index in [2.05, 4.69) is 55.6 Å². The minimum absolute atomic E-state index is 0.362. The van der Waals surface area contributed by atoms with Crippen molar-refractivity contribution in [3.05, 3.63) is 36.5 Å². The van der Waals surface area contributed by atoms with Crippen molar-refractivity contribution in [3.8, 4) is 0 Å². The van der Waals surface area contributed by atoms with Gasteiger partial charge in [-0.25, -0.2) is 0 Å². The van der Waals surface area contributed by atoms with Gasteiger partial charge in [0.1, 0.15) is 12.2 Å². The molecule has 0 saturated carbocycles. The standard InChI is InChI=1S/C73H141NO5/c1-3-5-7-9-11-13-15-17-19-21-23-25-27-29-31-32-33-34-35-36-37-38-39-41-43-45-47-49-51-53-55-57-59-61-63-65-67-71(77)73(79)74-69(68-75)72(78)70(76)66-64-62-60-58-56-54-52-50-48-46-44-42-40-30-28-26-24-22-20-18-16-14-12-10-8-6-4-2/h34-35,50,52,58,60,69-72,75-78H,3-33,36-49,51,53-57,59,61-68H2,1-2H3,(H,74,79)/b35-34-,52-50+,60-58+. The molecule has 468 valence electrons. The van der Waals surface area contributed by atoms with Crippen LogP contribution in [0.2, 0.25) is 0 Å². The predicted octanol–water partition coefficient (Wildman–Crippen LogP) is 22.3. The number of nitrogens with one attached hydrogen (secondary N) is 1. The topological polar surface area (TPSA) is 110 Å². The Morgan fingerprint density at radius 3 is 0.797 bits per heavy atom. The molecule has 4 atom stereocenters. The first-order valence-corrected chi connectivity index (χ1v) is 35.9. The molecule has 5 N–H and O–H groups in total. The summed E-state index contributed by atoms with van der Waals surface area (Å²) in [6, 6.07) is -1.01. The van der Waals surface area contributed by atoms with Crippen LogP contribution in [0.4, 0.5) is 0 Å². The highest BCUT2D eigenvalue weighted by Crippen LogP contribution is 2.19. The maximum atomic E-state index is 12.7. The number of carbonyl (C=O) groups excluding carboxylic acids is 1. The maximum Gasteiger partial charge on any atom is 0.249 e. The van der Waals surface area contributed by atoms with Gasteiger partial charge < -0.3 is 25.7 Å². The first-order chi connectivity index (χ1) is 39.0. The summed E-state index contributed by atoms with van der Waals surface area (Å²) in [6.45, 7) is 4.10. The summed E-state index contributed by atoms with van der Waals surface area (Å²) in [4.78, 5) is 12.7. The van der Waals surface area contributed by atoms with Crippen molar-refractivity contribution in [2.75, 3.05) is 6.61 Å². The molecule has 0 aliphatic carbocycles. The Morgan fingerprint density at radius 1 is 0.304 bits per heavy atom. The van der Waals surface area contributed by atoms with Gasteiger partial charge in [-0.3, -0.25) is 4.79 Å². The molecule has 0 spiro atoms. The normalized spacial score (nSPS) is 13.6. The number of hydrogen-bond donors (Lipinski definition) is 5. The Kier molecular flexibility index (Phi) is 66.1. The van der Waals surface area contributed by atoms with Gasteiger partial charge in [0.05, 0.1) is 18.8 Å². The highest BCUT2D eigenvalue weighted by molar-refractivity contribution is 5.80. The van der Waals surface area contributed by atoms with E-state index in [9.17, 15) is 25.2 Å². The van der Waals surface area contributed by atoms with E-state index in [1.54, 1.807) is 0 Å². The van der Waals surface area contributed by atoms with Crippen LogP contribution in [0.1, 0.15) is 393 Å². The fourth-order valence-electron chi connectivity index (χ4n) is 11.5. The monoisotopic (exact) mass is 1110 g/mol. The van der Waals surface area contributed by atoms with Gasteiger partial charge >= 0.3 is 0 Å². The van der Waals surface area contributed by atoms with E-state index in [1.165, 1.54) is 321 Å². The van der Waals surface area contributed by atoms with Gasteiger partial charge in [0, 0.05) is 0 Å². The Bertz CT molecular complexity index is 1250.